The number of primary amides is 1. The smallest absolute Gasteiger partial charge is 0.438 e. The average Bonchev–Trinajstić information content (AvgIpc) is 3.23. The van der Waals surface area contributed by atoms with Crippen molar-refractivity contribution >= 4 is 11.8 Å². The van der Waals surface area contributed by atoms with Gasteiger partial charge in [0.05, 0.1) is 13.0 Å². The summed E-state index contributed by atoms with van der Waals surface area (Å²) in [7, 11) is 0. The lowest BCUT2D eigenvalue weighted by atomic mass is 10.0. The Morgan fingerprint density at radius 2 is 2.23 bits per heavy atom. The maximum absolute atomic E-state index is 12.2. The first-order valence-electron chi connectivity index (χ1n) is 8.41. The molecule has 0 spiro atoms. The molecule has 1 aromatic heterocycles. The minimum absolute atomic E-state index is 0.0569. The van der Waals surface area contributed by atoms with Gasteiger partial charge in [-0.25, -0.2) is 4.79 Å². The van der Waals surface area contributed by atoms with E-state index in [1.807, 2.05) is 0 Å². The van der Waals surface area contributed by atoms with Gasteiger partial charge in [0.25, 0.3) is 0 Å². The second-order valence-corrected chi connectivity index (χ2v) is 6.18. The van der Waals surface area contributed by atoms with Gasteiger partial charge in [0.15, 0.2) is 5.82 Å². The number of ether oxygens (including phenoxy) is 1. The molecule has 26 heavy (non-hydrogen) atoms. The first kappa shape index (κ1) is 17.7. The van der Waals surface area contributed by atoms with Gasteiger partial charge in [-0.2, -0.15) is 0 Å². The second kappa shape index (κ2) is 7.85. The van der Waals surface area contributed by atoms with Crippen molar-refractivity contribution in [3.8, 4) is 5.75 Å². The van der Waals surface area contributed by atoms with Crippen LogP contribution >= 0.6 is 0 Å². The fraction of sp³-hybridized carbons (Fsp3) is 0.412. The monoisotopic (exact) mass is 360 g/mol. The van der Waals surface area contributed by atoms with Crippen molar-refractivity contribution < 1.29 is 18.8 Å². The van der Waals surface area contributed by atoms with Gasteiger partial charge >= 0.3 is 5.76 Å². The highest BCUT2D eigenvalue weighted by molar-refractivity contribution is 5.93. The minimum atomic E-state index is -0.594. The molecule has 9 heteroatoms. The molecule has 4 N–H and O–H groups in total. The number of hydrogen-bond donors (Lipinski definition) is 3. The zero-order valence-electron chi connectivity index (χ0n) is 14.1. The molecule has 1 heterocycles. The summed E-state index contributed by atoms with van der Waals surface area (Å²) in [6, 6.07) is 6.39. The number of nitrogens with zero attached hydrogens (tertiary/aromatic N) is 1. The normalized spacial score (nSPS) is 19.2. The van der Waals surface area contributed by atoms with Crippen molar-refractivity contribution in [3.63, 3.8) is 0 Å². The summed E-state index contributed by atoms with van der Waals surface area (Å²) in [5, 5.41) is 6.68. The van der Waals surface area contributed by atoms with Gasteiger partial charge < -0.3 is 15.8 Å². The highest BCUT2D eigenvalue weighted by atomic mass is 16.5. The van der Waals surface area contributed by atoms with Gasteiger partial charge in [-0.05, 0) is 31.0 Å². The molecule has 2 unspecified atom stereocenters. The van der Waals surface area contributed by atoms with Crippen LogP contribution in [0, 0.1) is 0 Å². The number of nitrogens with one attached hydrogen (secondary N) is 2. The molecule has 1 aliphatic carbocycles. The van der Waals surface area contributed by atoms with Crippen LogP contribution < -0.4 is 21.5 Å². The number of carbonyl (C=O) groups is 2. The molecule has 2 amide bonds. The molecule has 1 aliphatic rings. The zero-order valence-corrected chi connectivity index (χ0v) is 14.1. The van der Waals surface area contributed by atoms with Crippen LogP contribution in [0.5, 0.6) is 5.75 Å². The number of hydrogen-bond acceptors (Lipinski definition) is 6. The Balaban J connectivity index is 1.49. The van der Waals surface area contributed by atoms with Crippen LogP contribution in [-0.4, -0.2) is 34.6 Å². The summed E-state index contributed by atoms with van der Waals surface area (Å²) >= 11 is 0. The molecular formula is C17H20N4O5. The quantitative estimate of drug-likeness (QED) is 0.663. The summed E-state index contributed by atoms with van der Waals surface area (Å²) < 4.78 is 10.0. The first-order valence-corrected chi connectivity index (χ1v) is 8.41. The Morgan fingerprint density at radius 1 is 1.38 bits per heavy atom. The summed E-state index contributed by atoms with van der Waals surface area (Å²) in [6.45, 7) is 0.173. The molecule has 2 aromatic rings. The minimum Gasteiger partial charge on any atom is -0.493 e. The van der Waals surface area contributed by atoms with Crippen molar-refractivity contribution in [2.45, 2.75) is 37.6 Å². The molecule has 2 atom stereocenters. The lowest BCUT2D eigenvalue weighted by Gasteiger charge is -2.18. The molecule has 0 saturated heterocycles. The van der Waals surface area contributed by atoms with Crippen molar-refractivity contribution in [1.82, 2.24) is 15.5 Å². The molecular weight excluding hydrogens is 340 g/mol. The van der Waals surface area contributed by atoms with E-state index in [2.05, 4.69) is 20.0 Å². The van der Waals surface area contributed by atoms with E-state index in [1.165, 1.54) is 6.07 Å². The number of carbonyl (C=O) groups excluding carboxylic acids is 2. The van der Waals surface area contributed by atoms with E-state index in [0.717, 1.165) is 19.3 Å². The van der Waals surface area contributed by atoms with E-state index in [9.17, 15) is 14.4 Å². The average molecular weight is 360 g/mol. The van der Waals surface area contributed by atoms with Crippen LogP contribution in [0.3, 0.4) is 0 Å². The van der Waals surface area contributed by atoms with Gasteiger partial charge in [0.2, 0.25) is 11.8 Å². The van der Waals surface area contributed by atoms with E-state index in [4.69, 9.17) is 10.5 Å². The van der Waals surface area contributed by atoms with Crippen LogP contribution in [0.25, 0.3) is 0 Å². The van der Waals surface area contributed by atoms with Crippen molar-refractivity contribution in [1.29, 1.82) is 0 Å². The predicted molar refractivity (Wildman–Crippen MR) is 90.7 cm³/mol. The van der Waals surface area contributed by atoms with E-state index in [0.29, 0.717) is 17.1 Å². The van der Waals surface area contributed by atoms with E-state index in [-0.39, 0.29) is 30.9 Å². The molecule has 1 saturated carbocycles. The fourth-order valence-electron chi connectivity index (χ4n) is 3.14. The number of aromatic amines is 1. The SMILES string of the molecule is NC(=O)c1cccc(OCCC(=O)NC2CCCC2c2noc(=O)[nH]2)c1. The van der Waals surface area contributed by atoms with Crippen molar-refractivity contribution in [2.75, 3.05) is 6.61 Å². The van der Waals surface area contributed by atoms with Crippen LogP contribution in [0.2, 0.25) is 0 Å². The number of amides is 2. The van der Waals surface area contributed by atoms with Crippen molar-refractivity contribution in [3.05, 3.63) is 46.2 Å². The van der Waals surface area contributed by atoms with E-state index in [1.54, 1.807) is 18.2 Å². The van der Waals surface area contributed by atoms with Crippen LogP contribution in [0.4, 0.5) is 0 Å². The number of rotatable bonds is 7. The third kappa shape index (κ3) is 4.29. The predicted octanol–water partition coefficient (Wildman–Crippen LogP) is 0.683. The van der Waals surface area contributed by atoms with Crippen LogP contribution in [0.15, 0.2) is 33.6 Å². The lowest BCUT2D eigenvalue weighted by Crippen LogP contribution is -2.37. The number of aromatic nitrogens is 2. The number of H-pyrrole nitrogens is 1. The molecule has 1 fully saturated rings. The Bertz CT molecular complexity index is 843. The van der Waals surface area contributed by atoms with Gasteiger partial charge in [0.1, 0.15) is 5.75 Å². The molecule has 138 valence electrons. The highest BCUT2D eigenvalue weighted by Crippen LogP contribution is 2.32. The molecule has 0 bridgehead atoms. The second-order valence-electron chi connectivity index (χ2n) is 6.18. The Hall–Kier alpha value is -3.10. The van der Waals surface area contributed by atoms with Gasteiger partial charge in [0, 0.05) is 17.5 Å². The number of nitrogens with two attached hydrogens (primary N) is 1. The topological polar surface area (TPSA) is 140 Å². The van der Waals surface area contributed by atoms with Crippen molar-refractivity contribution in [2.24, 2.45) is 5.73 Å². The van der Waals surface area contributed by atoms with E-state index < -0.39 is 11.7 Å². The maximum Gasteiger partial charge on any atom is 0.438 e. The summed E-state index contributed by atoms with van der Waals surface area (Å²) in [4.78, 5) is 37.0. The Kier molecular flexibility index (Phi) is 5.35. The van der Waals surface area contributed by atoms with Gasteiger partial charge in [-0.3, -0.25) is 19.1 Å². The first-order chi connectivity index (χ1) is 12.5. The fourth-order valence-corrected chi connectivity index (χ4v) is 3.14. The summed E-state index contributed by atoms with van der Waals surface area (Å²) in [6.07, 6.45) is 2.73. The summed E-state index contributed by atoms with van der Waals surface area (Å²) in [5.74, 6) is -0.391. The van der Waals surface area contributed by atoms with E-state index >= 15 is 0 Å². The van der Waals surface area contributed by atoms with Crippen LogP contribution in [-0.2, 0) is 4.79 Å². The maximum atomic E-state index is 12.2. The largest absolute Gasteiger partial charge is 0.493 e. The van der Waals surface area contributed by atoms with Gasteiger partial charge in [-0.15, -0.1) is 0 Å². The standard InChI is InChI=1S/C17H20N4O5/c18-15(23)10-3-1-4-11(9-10)25-8-7-14(22)19-13-6-2-5-12(13)16-20-17(24)26-21-16/h1,3-4,9,12-13H,2,5-8H2,(H2,18,23)(H,19,22)(H,20,21,24). The number of benzene rings is 1. The summed E-state index contributed by atoms with van der Waals surface area (Å²) in [5.41, 5.74) is 5.57. The van der Waals surface area contributed by atoms with Crippen LogP contribution in [0.1, 0.15) is 47.8 Å². The molecule has 0 radical (unpaired) electrons. The lowest BCUT2D eigenvalue weighted by molar-refractivity contribution is -0.122. The molecule has 3 rings (SSSR count). The Labute approximate surface area is 148 Å². The molecule has 0 aliphatic heterocycles. The zero-order chi connectivity index (χ0) is 18.5. The third-order valence-electron chi connectivity index (χ3n) is 4.39. The molecule has 1 aromatic carbocycles. The van der Waals surface area contributed by atoms with Gasteiger partial charge in [-0.1, -0.05) is 17.6 Å². The molecule has 9 nitrogen and oxygen atoms in total. The highest BCUT2D eigenvalue weighted by Gasteiger charge is 2.32. The Morgan fingerprint density at radius 3 is 2.96 bits per heavy atom. The third-order valence-corrected chi connectivity index (χ3v) is 4.39.